The lowest BCUT2D eigenvalue weighted by Gasteiger charge is -2.04. The lowest BCUT2D eigenvalue weighted by atomic mass is 10.0. The van der Waals surface area contributed by atoms with Crippen molar-refractivity contribution in [3.8, 4) is 5.75 Å². The van der Waals surface area contributed by atoms with Gasteiger partial charge in [0.25, 0.3) is 0 Å². The Kier molecular flexibility index (Phi) is 12.9. The van der Waals surface area contributed by atoms with E-state index in [1.165, 1.54) is 47.1 Å². The van der Waals surface area contributed by atoms with Crippen LogP contribution in [-0.2, 0) is 24.0 Å². The molecule has 0 aliphatic carbocycles. The molecular formula is C32H38O2. The number of ether oxygens (including phenoxy) is 2. The van der Waals surface area contributed by atoms with Gasteiger partial charge in [-0.05, 0) is 67.0 Å². The lowest BCUT2D eigenvalue weighted by molar-refractivity contribution is 0.277. The summed E-state index contributed by atoms with van der Waals surface area (Å²) < 4.78 is 9.39. The van der Waals surface area contributed by atoms with E-state index in [-0.39, 0.29) is 0 Å². The third-order valence-corrected chi connectivity index (χ3v) is 5.30. The third-order valence-electron chi connectivity index (χ3n) is 5.30. The van der Waals surface area contributed by atoms with Crippen LogP contribution in [0.3, 0.4) is 0 Å². The van der Waals surface area contributed by atoms with Gasteiger partial charge in [-0.3, -0.25) is 0 Å². The van der Waals surface area contributed by atoms with Gasteiger partial charge in [0, 0.05) is 14.2 Å². The quantitative estimate of drug-likeness (QED) is 0.285. The summed E-state index contributed by atoms with van der Waals surface area (Å²) in [5.41, 5.74) is 6.83. The van der Waals surface area contributed by atoms with E-state index in [1.807, 2.05) is 12.1 Å². The van der Waals surface area contributed by atoms with Crippen molar-refractivity contribution >= 4 is 0 Å². The van der Waals surface area contributed by atoms with Gasteiger partial charge in [0.05, 0.1) is 7.11 Å². The van der Waals surface area contributed by atoms with E-state index in [0.29, 0.717) is 0 Å². The minimum atomic E-state index is 0.910. The lowest BCUT2D eigenvalue weighted by Crippen LogP contribution is -1.89. The Labute approximate surface area is 206 Å². The van der Waals surface area contributed by atoms with Gasteiger partial charge in [-0.15, -0.1) is 0 Å². The van der Waals surface area contributed by atoms with Crippen LogP contribution >= 0.6 is 0 Å². The van der Waals surface area contributed by atoms with Crippen molar-refractivity contribution in [1.82, 2.24) is 0 Å². The van der Waals surface area contributed by atoms with Gasteiger partial charge in [-0.1, -0.05) is 103 Å². The van der Waals surface area contributed by atoms with Crippen LogP contribution in [0.4, 0.5) is 0 Å². The highest BCUT2D eigenvalue weighted by Crippen LogP contribution is 2.15. The maximum absolute atomic E-state index is 5.14. The van der Waals surface area contributed by atoms with Crippen LogP contribution in [0.25, 0.3) is 0 Å². The minimum Gasteiger partial charge on any atom is -0.497 e. The summed E-state index contributed by atoms with van der Waals surface area (Å²) in [4.78, 5) is 0. The van der Waals surface area contributed by atoms with E-state index < -0.39 is 0 Å². The smallest absolute Gasteiger partial charge is 0.118 e. The topological polar surface area (TPSA) is 18.5 Å². The molecule has 0 fully saturated rings. The van der Waals surface area contributed by atoms with E-state index >= 15 is 0 Å². The second kappa shape index (κ2) is 16.3. The molecule has 0 saturated carbocycles. The zero-order valence-corrected chi connectivity index (χ0v) is 21.0. The summed E-state index contributed by atoms with van der Waals surface area (Å²) in [6, 6.07) is 38.3. The van der Waals surface area contributed by atoms with Crippen LogP contribution in [0, 0.1) is 6.92 Å². The van der Waals surface area contributed by atoms with Crippen molar-refractivity contribution in [2.75, 3.05) is 21.3 Å². The van der Waals surface area contributed by atoms with Crippen molar-refractivity contribution < 1.29 is 9.47 Å². The zero-order valence-electron chi connectivity index (χ0n) is 21.0. The maximum Gasteiger partial charge on any atom is 0.118 e. The molecule has 0 aliphatic rings. The highest BCUT2D eigenvalue weighted by atomic mass is 16.5. The summed E-state index contributed by atoms with van der Waals surface area (Å²) in [6.07, 6.45) is 4.56. The summed E-state index contributed by atoms with van der Waals surface area (Å²) in [5.74, 6) is 0.910. The van der Waals surface area contributed by atoms with Gasteiger partial charge < -0.3 is 9.47 Å². The SMILES string of the molecule is COC.COc1ccc(Cc2ccc(C)cc2)cc1.c1ccc(CCCc2ccccc2)cc1. The molecule has 0 atom stereocenters. The number of methoxy groups -OCH3 is 2. The number of hydrogen-bond donors (Lipinski definition) is 0. The molecule has 4 aromatic rings. The first-order chi connectivity index (χ1) is 16.6. The molecule has 0 N–H and O–H groups in total. The summed E-state index contributed by atoms with van der Waals surface area (Å²) in [7, 11) is 4.94. The van der Waals surface area contributed by atoms with Crippen molar-refractivity contribution in [2.24, 2.45) is 0 Å². The predicted molar refractivity (Wildman–Crippen MR) is 145 cm³/mol. The third kappa shape index (κ3) is 11.0. The normalized spacial score (nSPS) is 9.76. The minimum absolute atomic E-state index is 0.910. The largest absolute Gasteiger partial charge is 0.497 e. The van der Waals surface area contributed by atoms with E-state index in [0.717, 1.165) is 12.2 Å². The molecule has 178 valence electrons. The number of rotatable bonds is 7. The fraction of sp³-hybridized carbons (Fsp3) is 0.250. The Balaban J connectivity index is 0.000000216. The maximum atomic E-state index is 5.14. The van der Waals surface area contributed by atoms with Crippen LogP contribution in [-0.4, -0.2) is 21.3 Å². The van der Waals surface area contributed by atoms with Gasteiger partial charge >= 0.3 is 0 Å². The van der Waals surface area contributed by atoms with Gasteiger partial charge in [0.1, 0.15) is 5.75 Å². The standard InChI is InChI=1S/C15H16O.C15H16.C2H6O/c1-12-3-5-13(6-4-12)11-14-7-9-15(16-2)10-8-14;1-3-8-14(9-4-1)12-7-13-15-10-5-2-6-11-15;1-3-2/h3-10H,11H2,1-2H3;1-6,8-11H,7,12-13H2;1-2H3. The van der Waals surface area contributed by atoms with Crippen molar-refractivity contribution in [3.63, 3.8) is 0 Å². The molecule has 34 heavy (non-hydrogen) atoms. The van der Waals surface area contributed by atoms with Crippen molar-refractivity contribution in [3.05, 3.63) is 137 Å². The highest BCUT2D eigenvalue weighted by Gasteiger charge is 1.97. The Bertz CT molecular complexity index is 969. The first-order valence-corrected chi connectivity index (χ1v) is 11.8. The Morgan fingerprint density at radius 2 is 0.912 bits per heavy atom. The summed E-state index contributed by atoms with van der Waals surface area (Å²) in [6.45, 7) is 2.11. The first kappa shape index (κ1) is 26.9. The van der Waals surface area contributed by atoms with Crippen LogP contribution in [0.2, 0.25) is 0 Å². The second-order valence-corrected chi connectivity index (χ2v) is 8.24. The molecule has 0 amide bonds. The Hall–Kier alpha value is -3.36. The molecule has 2 heteroatoms. The molecule has 0 aliphatic heterocycles. The molecule has 2 nitrogen and oxygen atoms in total. The molecule has 0 bridgehead atoms. The van der Waals surface area contributed by atoms with Gasteiger partial charge in [0.2, 0.25) is 0 Å². The fourth-order valence-electron chi connectivity index (χ4n) is 3.47. The Morgan fingerprint density at radius 3 is 1.32 bits per heavy atom. The van der Waals surface area contributed by atoms with Gasteiger partial charge in [-0.25, -0.2) is 0 Å². The van der Waals surface area contributed by atoms with Crippen LogP contribution in [0.15, 0.2) is 109 Å². The fourth-order valence-corrected chi connectivity index (χ4v) is 3.47. The van der Waals surface area contributed by atoms with E-state index in [2.05, 4.69) is 109 Å². The van der Waals surface area contributed by atoms with Crippen LogP contribution in [0.1, 0.15) is 34.2 Å². The highest BCUT2D eigenvalue weighted by molar-refractivity contribution is 5.32. The summed E-state index contributed by atoms with van der Waals surface area (Å²) >= 11 is 0. The molecular weight excluding hydrogens is 416 g/mol. The molecule has 0 aromatic heterocycles. The van der Waals surface area contributed by atoms with E-state index in [1.54, 1.807) is 21.3 Å². The molecule has 0 saturated heterocycles. The molecule has 0 radical (unpaired) electrons. The van der Waals surface area contributed by atoms with Gasteiger partial charge in [-0.2, -0.15) is 0 Å². The predicted octanol–water partition coefficient (Wildman–Crippen LogP) is 7.72. The average Bonchev–Trinajstić information content (AvgIpc) is 2.88. The van der Waals surface area contributed by atoms with Crippen molar-refractivity contribution in [2.45, 2.75) is 32.6 Å². The van der Waals surface area contributed by atoms with Crippen molar-refractivity contribution in [1.29, 1.82) is 0 Å². The monoisotopic (exact) mass is 454 g/mol. The average molecular weight is 455 g/mol. The molecule has 4 aromatic carbocycles. The zero-order chi connectivity index (χ0) is 24.4. The first-order valence-electron chi connectivity index (χ1n) is 11.8. The van der Waals surface area contributed by atoms with E-state index in [9.17, 15) is 0 Å². The molecule has 0 heterocycles. The molecule has 0 unspecified atom stereocenters. The number of aryl methyl sites for hydroxylation is 3. The number of benzene rings is 4. The summed E-state index contributed by atoms with van der Waals surface area (Å²) in [5, 5.41) is 0. The van der Waals surface area contributed by atoms with Crippen LogP contribution in [0.5, 0.6) is 5.75 Å². The Morgan fingerprint density at radius 1 is 0.500 bits per heavy atom. The second-order valence-electron chi connectivity index (χ2n) is 8.24. The molecule has 4 rings (SSSR count). The number of hydrogen-bond acceptors (Lipinski definition) is 2. The van der Waals surface area contributed by atoms with Crippen LogP contribution < -0.4 is 4.74 Å². The molecule has 0 spiro atoms. The van der Waals surface area contributed by atoms with E-state index in [4.69, 9.17) is 4.74 Å². The van der Waals surface area contributed by atoms with Gasteiger partial charge in [0.15, 0.2) is 0 Å².